The molecule has 26 heavy (non-hydrogen) atoms. The molecular formula is C20H18N2O3S. The number of amides is 1. The third kappa shape index (κ3) is 3.41. The molecule has 132 valence electrons. The van der Waals surface area contributed by atoms with E-state index in [1.165, 1.54) is 0 Å². The van der Waals surface area contributed by atoms with Gasteiger partial charge >= 0.3 is 0 Å². The van der Waals surface area contributed by atoms with Crippen LogP contribution < -0.4 is 4.74 Å². The van der Waals surface area contributed by atoms with Crippen LogP contribution in [0, 0.1) is 0 Å². The predicted octanol–water partition coefficient (Wildman–Crippen LogP) is 4.01. The fraction of sp³-hybridized carbons (Fsp3) is 0.200. The molecule has 2 aromatic heterocycles. The molecule has 0 aliphatic carbocycles. The number of fused-ring (bicyclic) bond motifs is 1. The minimum absolute atomic E-state index is 0.00792. The van der Waals surface area contributed by atoms with Crippen LogP contribution in [0.1, 0.15) is 16.3 Å². The lowest BCUT2D eigenvalue weighted by atomic mass is 10.1. The van der Waals surface area contributed by atoms with Crippen LogP contribution in [0.4, 0.5) is 0 Å². The number of ether oxygens (including phenoxy) is 1. The molecule has 0 bridgehead atoms. The molecule has 0 spiro atoms. The van der Waals surface area contributed by atoms with E-state index in [4.69, 9.17) is 14.1 Å². The van der Waals surface area contributed by atoms with Crippen LogP contribution in [-0.4, -0.2) is 29.4 Å². The summed E-state index contributed by atoms with van der Waals surface area (Å²) in [6, 6.07) is 11.5. The largest absolute Gasteiger partial charge is 0.497 e. The number of hydrogen-bond donors (Lipinski definition) is 0. The molecular weight excluding hydrogens is 348 g/mol. The van der Waals surface area contributed by atoms with Crippen LogP contribution in [0.2, 0.25) is 0 Å². The molecule has 0 N–H and O–H groups in total. The Morgan fingerprint density at radius 2 is 2.15 bits per heavy atom. The van der Waals surface area contributed by atoms with E-state index in [2.05, 4.69) is 0 Å². The molecule has 4 rings (SSSR count). The van der Waals surface area contributed by atoms with Gasteiger partial charge in [0.25, 0.3) is 0 Å². The van der Waals surface area contributed by atoms with Gasteiger partial charge in [0.15, 0.2) is 0 Å². The van der Waals surface area contributed by atoms with Crippen molar-refractivity contribution >= 4 is 23.3 Å². The van der Waals surface area contributed by atoms with E-state index < -0.39 is 0 Å². The number of hydrogen-bond acceptors (Lipinski definition) is 5. The third-order valence-electron chi connectivity index (χ3n) is 4.31. The van der Waals surface area contributed by atoms with Crippen LogP contribution in [0.5, 0.6) is 5.75 Å². The average molecular weight is 366 g/mol. The number of rotatable bonds is 4. The van der Waals surface area contributed by atoms with Crippen LogP contribution in [0.3, 0.4) is 0 Å². The van der Waals surface area contributed by atoms with Gasteiger partial charge in [-0.15, -0.1) is 11.3 Å². The second-order valence-corrected chi connectivity index (χ2v) is 7.06. The van der Waals surface area contributed by atoms with Crippen molar-refractivity contribution in [2.24, 2.45) is 0 Å². The zero-order chi connectivity index (χ0) is 17.9. The maximum Gasteiger partial charge on any atom is 0.247 e. The van der Waals surface area contributed by atoms with Crippen LogP contribution >= 0.6 is 11.3 Å². The number of carbonyl (C=O) groups is 1. The van der Waals surface area contributed by atoms with Gasteiger partial charge in [-0.1, -0.05) is 0 Å². The summed E-state index contributed by atoms with van der Waals surface area (Å²) in [6.07, 6.45) is 5.64. The molecule has 0 saturated heterocycles. The number of methoxy groups -OCH3 is 1. The highest BCUT2D eigenvalue weighted by Gasteiger charge is 2.23. The first kappa shape index (κ1) is 16.6. The Kier molecular flexibility index (Phi) is 4.58. The summed E-state index contributed by atoms with van der Waals surface area (Å²) < 4.78 is 10.4. The first-order valence-electron chi connectivity index (χ1n) is 8.36. The van der Waals surface area contributed by atoms with Gasteiger partial charge < -0.3 is 14.1 Å². The summed E-state index contributed by atoms with van der Waals surface area (Å²) in [4.78, 5) is 20.2. The van der Waals surface area contributed by atoms with Gasteiger partial charge in [-0.2, -0.15) is 0 Å². The van der Waals surface area contributed by atoms with Crippen molar-refractivity contribution in [2.45, 2.75) is 13.0 Å². The normalized spacial score (nSPS) is 13.8. The Hall–Kier alpha value is -2.86. The minimum atomic E-state index is -0.00792. The topological polar surface area (TPSA) is 55.6 Å². The Bertz CT molecular complexity index is 927. The lowest BCUT2D eigenvalue weighted by Gasteiger charge is -2.24. The first-order valence-corrected chi connectivity index (χ1v) is 9.18. The monoisotopic (exact) mass is 366 g/mol. The van der Waals surface area contributed by atoms with Crippen molar-refractivity contribution in [3.63, 3.8) is 0 Å². The summed E-state index contributed by atoms with van der Waals surface area (Å²) in [5.41, 5.74) is 2.17. The molecule has 3 heterocycles. The smallest absolute Gasteiger partial charge is 0.247 e. The van der Waals surface area contributed by atoms with Gasteiger partial charge in [-0.05, 0) is 42.5 Å². The Labute approximate surface area is 155 Å². The van der Waals surface area contributed by atoms with Crippen molar-refractivity contribution < 1.29 is 13.9 Å². The van der Waals surface area contributed by atoms with E-state index in [1.807, 2.05) is 35.2 Å². The van der Waals surface area contributed by atoms with Crippen LogP contribution in [-0.2, 0) is 17.8 Å². The Balaban J connectivity index is 1.48. The lowest BCUT2D eigenvalue weighted by Crippen LogP contribution is -2.34. The van der Waals surface area contributed by atoms with Gasteiger partial charge in [0.1, 0.15) is 16.5 Å². The molecule has 6 heteroatoms. The highest BCUT2D eigenvalue weighted by Crippen LogP contribution is 2.32. The van der Waals surface area contributed by atoms with Crippen molar-refractivity contribution in [3.8, 4) is 16.3 Å². The number of benzene rings is 1. The molecule has 1 aliphatic rings. The van der Waals surface area contributed by atoms with Crippen LogP contribution in [0.25, 0.3) is 16.6 Å². The van der Waals surface area contributed by atoms with E-state index in [9.17, 15) is 4.79 Å². The highest BCUT2D eigenvalue weighted by molar-refractivity contribution is 7.15. The fourth-order valence-electron chi connectivity index (χ4n) is 2.89. The molecule has 0 saturated carbocycles. The molecule has 0 unspecified atom stereocenters. The first-order chi connectivity index (χ1) is 12.7. The summed E-state index contributed by atoms with van der Waals surface area (Å²) in [5, 5.41) is 0.984. The number of nitrogens with zero attached hydrogens (tertiary/aromatic N) is 2. The number of thiazole rings is 1. The van der Waals surface area contributed by atoms with Gasteiger partial charge in [0.05, 0.1) is 25.6 Å². The summed E-state index contributed by atoms with van der Waals surface area (Å²) >= 11 is 1.65. The lowest BCUT2D eigenvalue weighted by molar-refractivity contribution is -0.126. The molecule has 0 atom stereocenters. The number of furan rings is 1. The van der Waals surface area contributed by atoms with E-state index in [-0.39, 0.29) is 5.91 Å². The number of carbonyl (C=O) groups excluding carboxylic acids is 1. The SMILES string of the molecule is COc1ccc(-c2nc3c(s2)CN(C(=O)C=Cc2ccco2)CC3)cc1. The maximum absolute atomic E-state index is 12.4. The van der Waals surface area contributed by atoms with Crippen molar-refractivity contribution in [1.82, 2.24) is 9.88 Å². The number of aromatic nitrogens is 1. The maximum atomic E-state index is 12.4. The summed E-state index contributed by atoms with van der Waals surface area (Å²) in [5.74, 6) is 1.50. The minimum Gasteiger partial charge on any atom is -0.497 e. The molecule has 1 aliphatic heterocycles. The standard InChI is InChI=1S/C20H18N2O3S/c1-24-15-6-4-14(5-7-15)20-21-17-10-11-22(13-18(17)26-20)19(23)9-8-16-3-2-12-25-16/h2-9,12H,10-11,13H2,1H3. The predicted molar refractivity (Wildman–Crippen MR) is 101 cm³/mol. The quantitative estimate of drug-likeness (QED) is 0.655. The average Bonchev–Trinajstić information content (AvgIpc) is 3.35. The van der Waals surface area contributed by atoms with Gasteiger partial charge in [0.2, 0.25) is 5.91 Å². The van der Waals surface area contributed by atoms with Gasteiger partial charge in [-0.3, -0.25) is 4.79 Å². The molecule has 5 nitrogen and oxygen atoms in total. The summed E-state index contributed by atoms with van der Waals surface area (Å²) in [7, 11) is 1.66. The zero-order valence-electron chi connectivity index (χ0n) is 14.3. The molecule has 1 aromatic carbocycles. The van der Waals surface area contributed by atoms with E-state index >= 15 is 0 Å². The third-order valence-corrected chi connectivity index (χ3v) is 5.44. The molecule has 1 amide bonds. The van der Waals surface area contributed by atoms with Crippen molar-refractivity contribution in [1.29, 1.82) is 0 Å². The van der Waals surface area contributed by atoms with E-state index in [0.29, 0.717) is 18.8 Å². The fourth-order valence-corrected chi connectivity index (χ4v) is 4.01. The van der Waals surface area contributed by atoms with Crippen LogP contribution in [0.15, 0.2) is 53.2 Å². The van der Waals surface area contributed by atoms with Gasteiger partial charge in [0, 0.05) is 29.5 Å². The highest BCUT2D eigenvalue weighted by atomic mass is 32.1. The Morgan fingerprint density at radius 1 is 1.31 bits per heavy atom. The van der Waals surface area contributed by atoms with E-state index in [0.717, 1.165) is 33.3 Å². The zero-order valence-corrected chi connectivity index (χ0v) is 15.2. The molecule has 3 aromatic rings. The van der Waals surface area contributed by atoms with Crippen molar-refractivity contribution in [3.05, 3.63) is 65.1 Å². The molecule has 0 fully saturated rings. The second-order valence-electron chi connectivity index (χ2n) is 5.98. The second kappa shape index (κ2) is 7.17. The molecule has 0 radical (unpaired) electrons. The summed E-state index contributed by atoms with van der Waals surface area (Å²) in [6.45, 7) is 1.28. The van der Waals surface area contributed by atoms with Crippen molar-refractivity contribution in [2.75, 3.05) is 13.7 Å². The van der Waals surface area contributed by atoms with Gasteiger partial charge in [-0.25, -0.2) is 4.98 Å². The van der Waals surface area contributed by atoms with E-state index in [1.54, 1.807) is 42.9 Å². The Morgan fingerprint density at radius 3 is 2.88 bits per heavy atom.